The summed E-state index contributed by atoms with van der Waals surface area (Å²) in [5.74, 6) is 7.78. The number of nitro groups is 2. The maximum Gasteiger partial charge on any atom is 0.274 e. The Kier molecular flexibility index (Phi) is 22.7. The van der Waals surface area contributed by atoms with Gasteiger partial charge in [-0.05, 0) is 65.3 Å². The van der Waals surface area contributed by atoms with Crippen molar-refractivity contribution in [1.29, 1.82) is 0 Å². The molecule has 0 fully saturated rings. The fraction of sp³-hybridized carbons (Fsp3) is 0.647. The van der Waals surface area contributed by atoms with Crippen LogP contribution in [0.1, 0.15) is 74.4 Å². The summed E-state index contributed by atoms with van der Waals surface area (Å²) in [5, 5.41) is 34.7. The molecule has 0 aromatic carbocycles. The van der Waals surface area contributed by atoms with Crippen LogP contribution in [-0.2, 0) is 24.6 Å². The van der Waals surface area contributed by atoms with E-state index in [4.69, 9.17) is 8.83 Å². The molecule has 4 N–H and O–H groups in total. The third-order valence-corrected chi connectivity index (χ3v) is 9.16. The van der Waals surface area contributed by atoms with Crippen LogP contribution in [0.2, 0.25) is 0 Å². The zero-order chi connectivity index (χ0) is 36.4. The van der Waals surface area contributed by atoms with Crippen LogP contribution < -0.4 is 21.3 Å². The first-order valence-corrected chi connectivity index (χ1v) is 19.7. The summed E-state index contributed by atoms with van der Waals surface area (Å²) in [4.78, 5) is 25.4. The van der Waals surface area contributed by atoms with Crippen LogP contribution in [0.25, 0.3) is 0 Å². The van der Waals surface area contributed by atoms with Gasteiger partial charge < -0.3 is 39.9 Å². The van der Waals surface area contributed by atoms with Crippen LogP contribution in [0.4, 0.5) is 0 Å². The summed E-state index contributed by atoms with van der Waals surface area (Å²) in [6, 6.07) is 8.00. The van der Waals surface area contributed by atoms with Crippen LogP contribution in [0.15, 0.2) is 57.1 Å². The molecule has 0 bridgehead atoms. The molecule has 0 aliphatic carbocycles. The highest BCUT2D eigenvalue weighted by molar-refractivity contribution is 7.98. The van der Waals surface area contributed by atoms with Gasteiger partial charge in [0.2, 0.25) is 0 Å². The SMILES string of the molecule is CN(C)Cc1ccc(CSCCN/C(=C/[N+](=O)[O-])NCCCCCCCCCCN/C(=C\[N+](=O)[O-])NCCSCc2ccc(CN(C)C)o2)o1. The second-order valence-corrected chi connectivity index (χ2v) is 14.7. The topological polar surface area (TPSA) is 167 Å². The second-order valence-electron chi connectivity index (χ2n) is 12.5. The first kappa shape index (κ1) is 42.8. The number of unbranched alkanes of at least 4 members (excludes halogenated alkanes) is 7. The van der Waals surface area contributed by atoms with Crippen molar-refractivity contribution < 1.29 is 18.7 Å². The molecule has 2 rings (SSSR count). The first-order chi connectivity index (χ1) is 24.1. The van der Waals surface area contributed by atoms with Crippen LogP contribution >= 0.6 is 23.5 Å². The largest absolute Gasteiger partial charge is 0.464 e. The highest BCUT2D eigenvalue weighted by atomic mass is 32.2. The van der Waals surface area contributed by atoms with Gasteiger partial charge in [0.15, 0.2) is 11.6 Å². The van der Waals surface area contributed by atoms with E-state index in [1.165, 1.54) is 0 Å². The third kappa shape index (κ3) is 22.4. The molecule has 2 heterocycles. The molecule has 0 radical (unpaired) electrons. The molecular weight excluding hydrogens is 681 g/mol. The average molecular weight is 739 g/mol. The Morgan fingerprint density at radius 1 is 0.600 bits per heavy atom. The smallest absolute Gasteiger partial charge is 0.274 e. The van der Waals surface area contributed by atoms with Gasteiger partial charge in [0.25, 0.3) is 12.4 Å². The fourth-order valence-electron chi connectivity index (χ4n) is 4.93. The second kappa shape index (κ2) is 26.5. The summed E-state index contributed by atoms with van der Waals surface area (Å²) in [6.45, 7) is 4.14. The lowest BCUT2D eigenvalue weighted by Gasteiger charge is -2.11. The predicted octanol–water partition coefficient (Wildman–Crippen LogP) is 5.79. The molecule has 0 aliphatic heterocycles. The van der Waals surface area contributed by atoms with Crippen molar-refractivity contribution in [3.63, 3.8) is 0 Å². The van der Waals surface area contributed by atoms with Gasteiger partial charge in [-0.1, -0.05) is 38.5 Å². The van der Waals surface area contributed by atoms with E-state index in [2.05, 4.69) is 31.1 Å². The van der Waals surface area contributed by atoms with E-state index in [1.54, 1.807) is 23.5 Å². The third-order valence-electron chi connectivity index (χ3n) is 7.19. The van der Waals surface area contributed by atoms with E-state index >= 15 is 0 Å². The highest BCUT2D eigenvalue weighted by Crippen LogP contribution is 2.17. The maximum absolute atomic E-state index is 11.1. The van der Waals surface area contributed by atoms with Gasteiger partial charge in [-0.3, -0.25) is 20.2 Å². The molecular formula is C34H58N8O6S2. The average Bonchev–Trinajstić information content (AvgIpc) is 3.68. The number of hydrogen-bond donors (Lipinski definition) is 4. The maximum atomic E-state index is 11.1. The highest BCUT2D eigenvalue weighted by Gasteiger charge is 2.07. The Hall–Kier alpha value is -3.34. The van der Waals surface area contributed by atoms with Gasteiger partial charge in [0.05, 0.1) is 34.4 Å². The van der Waals surface area contributed by atoms with E-state index in [1.807, 2.05) is 52.5 Å². The molecule has 0 spiro atoms. The van der Waals surface area contributed by atoms with Gasteiger partial charge >= 0.3 is 0 Å². The van der Waals surface area contributed by atoms with Gasteiger partial charge in [-0.25, -0.2) is 0 Å². The lowest BCUT2D eigenvalue weighted by molar-refractivity contribution is -0.404. The van der Waals surface area contributed by atoms with Gasteiger partial charge in [-0.15, -0.1) is 0 Å². The Labute approximate surface area is 305 Å². The molecule has 0 saturated carbocycles. The van der Waals surface area contributed by atoms with E-state index in [9.17, 15) is 20.2 Å². The van der Waals surface area contributed by atoms with Crippen molar-refractivity contribution in [3.8, 4) is 0 Å². The van der Waals surface area contributed by atoms with Gasteiger partial charge in [-0.2, -0.15) is 23.5 Å². The van der Waals surface area contributed by atoms with E-state index in [0.717, 1.165) is 123 Å². The summed E-state index contributed by atoms with van der Waals surface area (Å²) < 4.78 is 11.6. The van der Waals surface area contributed by atoms with Gasteiger partial charge in [0.1, 0.15) is 23.0 Å². The molecule has 14 nitrogen and oxygen atoms in total. The van der Waals surface area contributed by atoms with Crippen molar-refractivity contribution in [3.05, 3.63) is 91.6 Å². The van der Waals surface area contributed by atoms with Gasteiger partial charge in [0, 0.05) is 37.7 Å². The van der Waals surface area contributed by atoms with Crippen LogP contribution in [0.3, 0.4) is 0 Å². The summed E-state index contributed by atoms with van der Waals surface area (Å²) in [7, 11) is 8.02. The van der Waals surface area contributed by atoms with E-state index in [-0.39, 0.29) is 0 Å². The molecule has 0 aliphatic rings. The lowest BCUT2D eigenvalue weighted by atomic mass is 10.1. The first-order valence-electron chi connectivity index (χ1n) is 17.4. The predicted molar refractivity (Wildman–Crippen MR) is 204 cm³/mol. The number of nitrogens with one attached hydrogen (secondary N) is 4. The minimum Gasteiger partial charge on any atom is -0.464 e. The monoisotopic (exact) mass is 738 g/mol. The molecule has 50 heavy (non-hydrogen) atoms. The number of rotatable bonds is 31. The van der Waals surface area contributed by atoms with Crippen molar-refractivity contribution in [2.45, 2.75) is 76.0 Å². The number of furan rings is 2. The molecule has 2 aromatic heterocycles. The van der Waals surface area contributed by atoms with Crippen molar-refractivity contribution in [2.75, 3.05) is 65.9 Å². The lowest BCUT2D eigenvalue weighted by Crippen LogP contribution is -2.29. The summed E-state index contributed by atoms with van der Waals surface area (Å²) in [6.07, 6.45) is 10.5. The zero-order valence-electron chi connectivity index (χ0n) is 30.2. The Balaban J connectivity index is 1.46. The van der Waals surface area contributed by atoms with Crippen LogP contribution in [-0.4, -0.2) is 85.5 Å². The van der Waals surface area contributed by atoms with E-state index in [0.29, 0.717) is 37.8 Å². The van der Waals surface area contributed by atoms with Crippen molar-refractivity contribution in [2.24, 2.45) is 0 Å². The quantitative estimate of drug-likeness (QED) is 0.0417. The molecule has 0 atom stereocenters. The molecule has 0 saturated heterocycles. The molecule has 282 valence electrons. The van der Waals surface area contributed by atoms with Crippen molar-refractivity contribution >= 4 is 23.5 Å². The normalized spacial score (nSPS) is 12.1. The minimum atomic E-state index is -0.435. The van der Waals surface area contributed by atoms with Crippen LogP contribution in [0, 0.1) is 20.2 Å². The number of thioether (sulfide) groups is 2. The molecule has 0 amide bonds. The fourth-order valence-corrected chi connectivity index (χ4v) is 6.42. The Morgan fingerprint density at radius 3 is 1.30 bits per heavy atom. The molecule has 0 unspecified atom stereocenters. The minimum absolute atomic E-state index is 0.435. The van der Waals surface area contributed by atoms with Crippen LogP contribution in [0.5, 0.6) is 0 Å². The Bertz CT molecular complexity index is 1190. The number of hydrogen-bond acceptors (Lipinski definition) is 14. The van der Waals surface area contributed by atoms with E-state index < -0.39 is 9.85 Å². The standard InChI is InChI=1S/C34H58N8O6S2/c1-39(2)23-29-13-15-31(47-29)27-49-21-19-37-33(25-41(43)44)35-17-11-9-7-5-6-8-10-12-18-36-34(26-42(45)46)38-20-22-50-28-32-16-14-30(48-32)24-40(3)4/h13-16,25-26,35-38H,5-12,17-24,27-28H2,1-4H3/b33-25+,34-26+. The number of nitrogens with zero attached hydrogens (tertiary/aromatic N) is 4. The summed E-state index contributed by atoms with van der Waals surface area (Å²) in [5.41, 5.74) is 0. The van der Waals surface area contributed by atoms with Crippen molar-refractivity contribution in [1.82, 2.24) is 31.1 Å². The molecule has 16 heteroatoms. The summed E-state index contributed by atoms with van der Waals surface area (Å²) >= 11 is 3.44. The zero-order valence-corrected chi connectivity index (χ0v) is 31.9. The molecule has 2 aromatic rings. The Morgan fingerprint density at radius 2 is 0.940 bits per heavy atom.